The van der Waals surface area contributed by atoms with Crippen LogP contribution < -0.4 is 0 Å². The van der Waals surface area contributed by atoms with Crippen LogP contribution in [0, 0.1) is 0 Å². The van der Waals surface area contributed by atoms with Crippen molar-refractivity contribution in [3.63, 3.8) is 0 Å². The molecule has 2 rings (SSSR count). The van der Waals surface area contributed by atoms with Crippen molar-refractivity contribution in [1.82, 2.24) is 4.98 Å². The molecule has 0 spiro atoms. The standard InChI is InChI=1S/C16H18BrN/c17-16-10-8-14(9-11-16)5-2-1-3-6-15-7-4-12-18-13-15/h4,7-13H,1-3,5-6H2. The summed E-state index contributed by atoms with van der Waals surface area (Å²) in [5.74, 6) is 0. The number of pyridine rings is 1. The Bertz CT molecular complexity index is 450. The first-order valence-corrected chi connectivity index (χ1v) is 7.27. The lowest BCUT2D eigenvalue weighted by molar-refractivity contribution is 0.677. The summed E-state index contributed by atoms with van der Waals surface area (Å²) in [6.45, 7) is 0. The number of aryl methyl sites for hydroxylation is 2. The molecule has 2 aromatic rings. The van der Waals surface area contributed by atoms with E-state index in [1.165, 1.54) is 36.8 Å². The van der Waals surface area contributed by atoms with Gasteiger partial charge in [0.15, 0.2) is 0 Å². The largest absolute Gasteiger partial charge is 0.264 e. The van der Waals surface area contributed by atoms with Gasteiger partial charge < -0.3 is 0 Å². The molecule has 1 aromatic heterocycles. The topological polar surface area (TPSA) is 12.9 Å². The summed E-state index contributed by atoms with van der Waals surface area (Å²) >= 11 is 3.46. The molecule has 0 unspecified atom stereocenters. The Labute approximate surface area is 117 Å². The van der Waals surface area contributed by atoms with E-state index in [0.717, 1.165) is 10.9 Å². The SMILES string of the molecule is Brc1ccc(CCCCCc2cccnc2)cc1. The molecule has 0 amide bonds. The van der Waals surface area contributed by atoms with Crippen LogP contribution in [0.5, 0.6) is 0 Å². The van der Waals surface area contributed by atoms with E-state index in [9.17, 15) is 0 Å². The number of hydrogen-bond donors (Lipinski definition) is 0. The molecule has 0 N–H and O–H groups in total. The Balaban J connectivity index is 1.63. The van der Waals surface area contributed by atoms with E-state index in [4.69, 9.17) is 0 Å². The van der Waals surface area contributed by atoms with Crippen LogP contribution in [-0.2, 0) is 12.8 Å². The molecule has 1 nitrogen and oxygen atoms in total. The summed E-state index contributed by atoms with van der Waals surface area (Å²) in [4.78, 5) is 4.13. The maximum atomic E-state index is 4.13. The molecule has 0 saturated carbocycles. The van der Waals surface area contributed by atoms with Crippen molar-refractivity contribution in [3.05, 3.63) is 64.4 Å². The van der Waals surface area contributed by atoms with Crippen molar-refractivity contribution < 1.29 is 0 Å². The third-order valence-corrected chi connectivity index (χ3v) is 3.60. The molecule has 0 fully saturated rings. The smallest absolute Gasteiger partial charge is 0.0299 e. The minimum absolute atomic E-state index is 1.15. The molecule has 0 aliphatic rings. The molecule has 0 bridgehead atoms. The van der Waals surface area contributed by atoms with Crippen LogP contribution in [0.25, 0.3) is 0 Å². The Morgan fingerprint density at radius 1 is 0.833 bits per heavy atom. The van der Waals surface area contributed by atoms with E-state index < -0.39 is 0 Å². The Morgan fingerprint density at radius 2 is 1.56 bits per heavy atom. The first-order chi connectivity index (χ1) is 8.84. The number of nitrogens with zero attached hydrogens (tertiary/aromatic N) is 1. The minimum Gasteiger partial charge on any atom is -0.264 e. The quantitative estimate of drug-likeness (QED) is 0.699. The normalized spacial score (nSPS) is 10.5. The maximum Gasteiger partial charge on any atom is 0.0299 e. The Hall–Kier alpha value is -1.15. The molecular weight excluding hydrogens is 286 g/mol. The lowest BCUT2D eigenvalue weighted by Crippen LogP contribution is -1.89. The lowest BCUT2D eigenvalue weighted by Gasteiger charge is -2.03. The average Bonchev–Trinajstić information content (AvgIpc) is 2.42. The van der Waals surface area contributed by atoms with Crippen molar-refractivity contribution in [2.24, 2.45) is 0 Å². The lowest BCUT2D eigenvalue weighted by atomic mass is 10.0. The summed E-state index contributed by atoms with van der Waals surface area (Å²) in [5, 5.41) is 0. The van der Waals surface area contributed by atoms with Crippen LogP contribution in [-0.4, -0.2) is 4.98 Å². The van der Waals surface area contributed by atoms with Crippen LogP contribution in [0.1, 0.15) is 30.4 Å². The molecular formula is C16H18BrN. The summed E-state index contributed by atoms with van der Waals surface area (Å²) in [6.07, 6.45) is 9.93. The Morgan fingerprint density at radius 3 is 2.22 bits per heavy atom. The third-order valence-electron chi connectivity index (χ3n) is 3.07. The highest BCUT2D eigenvalue weighted by molar-refractivity contribution is 9.10. The van der Waals surface area contributed by atoms with Crippen LogP contribution in [0.2, 0.25) is 0 Å². The molecule has 1 heterocycles. The van der Waals surface area contributed by atoms with Crippen molar-refractivity contribution in [2.45, 2.75) is 32.1 Å². The van der Waals surface area contributed by atoms with Gasteiger partial charge in [-0.1, -0.05) is 40.5 Å². The van der Waals surface area contributed by atoms with Gasteiger partial charge in [-0.05, 0) is 55.0 Å². The fourth-order valence-corrected chi connectivity index (χ4v) is 2.30. The molecule has 94 valence electrons. The van der Waals surface area contributed by atoms with Crippen molar-refractivity contribution in [3.8, 4) is 0 Å². The van der Waals surface area contributed by atoms with Gasteiger partial charge in [-0.3, -0.25) is 4.98 Å². The zero-order valence-electron chi connectivity index (χ0n) is 10.5. The Kier molecular flexibility index (Phi) is 5.40. The molecule has 1 aromatic carbocycles. The highest BCUT2D eigenvalue weighted by Crippen LogP contribution is 2.13. The van der Waals surface area contributed by atoms with Crippen molar-refractivity contribution in [1.29, 1.82) is 0 Å². The summed E-state index contributed by atoms with van der Waals surface area (Å²) in [5.41, 5.74) is 2.78. The van der Waals surface area contributed by atoms with E-state index in [2.05, 4.69) is 51.2 Å². The van der Waals surface area contributed by atoms with E-state index in [0.29, 0.717) is 0 Å². The fraction of sp³-hybridized carbons (Fsp3) is 0.312. The van der Waals surface area contributed by atoms with Crippen LogP contribution >= 0.6 is 15.9 Å². The van der Waals surface area contributed by atoms with Crippen LogP contribution in [0.15, 0.2) is 53.3 Å². The predicted octanol–water partition coefficient (Wildman–Crippen LogP) is 4.80. The second-order valence-corrected chi connectivity index (χ2v) is 5.46. The number of rotatable bonds is 6. The maximum absolute atomic E-state index is 4.13. The second-order valence-electron chi connectivity index (χ2n) is 4.55. The average molecular weight is 304 g/mol. The summed E-state index contributed by atoms with van der Waals surface area (Å²) < 4.78 is 1.16. The van der Waals surface area contributed by atoms with Crippen molar-refractivity contribution in [2.75, 3.05) is 0 Å². The summed E-state index contributed by atoms with van der Waals surface area (Å²) in [6, 6.07) is 12.8. The van der Waals surface area contributed by atoms with E-state index in [1.54, 1.807) is 0 Å². The molecule has 0 saturated heterocycles. The third kappa shape index (κ3) is 4.61. The van der Waals surface area contributed by atoms with Gasteiger partial charge in [-0.25, -0.2) is 0 Å². The molecule has 0 aliphatic carbocycles. The van der Waals surface area contributed by atoms with E-state index >= 15 is 0 Å². The van der Waals surface area contributed by atoms with E-state index in [-0.39, 0.29) is 0 Å². The van der Waals surface area contributed by atoms with Gasteiger partial charge in [0, 0.05) is 16.9 Å². The summed E-state index contributed by atoms with van der Waals surface area (Å²) in [7, 11) is 0. The second kappa shape index (κ2) is 7.32. The highest BCUT2D eigenvalue weighted by atomic mass is 79.9. The molecule has 0 radical (unpaired) electrons. The monoisotopic (exact) mass is 303 g/mol. The number of aromatic nitrogens is 1. The van der Waals surface area contributed by atoms with Gasteiger partial charge in [0.05, 0.1) is 0 Å². The molecule has 18 heavy (non-hydrogen) atoms. The fourth-order valence-electron chi connectivity index (χ4n) is 2.03. The number of unbranched alkanes of at least 4 members (excludes halogenated alkanes) is 2. The first kappa shape index (κ1) is 13.3. The van der Waals surface area contributed by atoms with Gasteiger partial charge in [0.1, 0.15) is 0 Å². The molecule has 2 heteroatoms. The van der Waals surface area contributed by atoms with Gasteiger partial charge in [-0.2, -0.15) is 0 Å². The van der Waals surface area contributed by atoms with E-state index in [1.807, 2.05) is 18.5 Å². The van der Waals surface area contributed by atoms with Crippen molar-refractivity contribution >= 4 is 15.9 Å². The number of benzene rings is 1. The van der Waals surface area contributed by atoms with Gasteiger partial charge in [0.2, 0.25) is 0 Å². The molecule has 0 aliphatic heterocycles. The van der Waals surface area contributed by atoms with Crippen LogP contribution in [0.3, 0.4) is 0 Å². The van der Waals surface area contributed by atoms with Crippen LogP contribution in [0.4, 0.5) is 0 Å². The van der Waals surface area contributed by atoms with Gasteiger partial charge in [-0.15, -0.1) is 0 Å². The minimum atomic E-state index is 1.15. The zero-order valence-corrected chi connectivity index (χ0v) is 12.1. The first-order valence-electron chi connectivity index (χ1n) is 6.48. The highest BCUT2D eigenvalue weighted by Gasteiger charge is 1.95. The zero-order chi connectivity index (χ0) is 12.6. The number of hydrogen-bond acceptors (Lipinski definition) is 1. The number of halogens is 1. The van der Waals surface area contributed by atoms with Gasteiger partial charge >= 0.3 is 0 Å². The van der Waals surface area contributed by atoms with Gasteiger partial charge in [0.25, 0.3) is 0 Å². The molecule has 0 atom stereocenters. The predicted molar refractivity (Wildman–Crippen MR) is 79.6 cm³/mol.